The Bertz CT molecular complexity index is 1780. The molecule has 0 unspecified atom stereocenters. The second kappa shape index (κ2) is 36.0. The number of aliphatic carboxylic acids is 2. The van der Waals surface area contributed by atoms with E-state index in [-0.39, 0.29) is 51.7 Å². The molecule has 0 radical (unpaired) electrons. The molecule has 0 bridgehead atoms. The van der Waals surface area contributed by atoms with Gasteiger partial charge in [0.25, 0.3) is 19.4 Å². The van der Waals surface area contributed by atoms with Crippen LogP contribution in [0.1, 0.15) is 122 Å². The predicted octanol–water partition coefficient (Wildman–Crippen LogP) is 3.97. The maximum Gasteiger partial charge on any atom is 0.410 e. The molecule has 4 amide bonds. The molecule has 0 aromatic carbocycles. The normalized spacial score (nSPS) is 14.0. The van der Waals surface area contributed by atoms with Crippen molar-refractivity contribution in [2.75, 3.05) is 13.7 Å². The van der Waals surface area contributed by atoms with Gasteiger partial charge in [-0.15, -0.1) is 0 Å². The van der Waals surface area contributed by atoms with Crippen LogP contribution in [-0.2, 0) is 66.7 Å². The smallest absolute Gasteiger partial charge is 0.410 e. The van der Waals surface area contributed by atoms with Crippen LogP contribution in [0.3, 0.4) is 0 Å². The van der Waals surface area contributed by atoms with Crippen molar-refractivity contribution in [3.63, 3.8) is 0 Å². The Morgan fingerprint density at radius 1 is 0.486 bits per heavy atom. The predicted molar refractivity (Wildman–Crippen MR) is 257 cm³/mol. The van der Waals surface area contributed by atoms with Crippen LogP contribution in [0.5, 0.6) is 0 Å². The molecule has 6 atom stereocenters. The Labute approximate surface area is 420 Å². The Morgan fingerprint density at radius 3 is 1.29 bits per heavy atom. The Morgan fingerprint density at radius 2 is 0.875 bits per heavy atom. The van der Waals surface area contributed by atoms with Crippen molar-refractivity contribution in [1.82, 2.24) is 21.3 Å². The lowest BCUT2D eigenvalue weighted by Crippen LogP contribution is -2.43. The van der Waals surface area contributed by atoms with Crippen molar-refractivity contribution < 1.29 is 96.1 Å². The molecule has 0 heterocycles. The molecule has 26 nitrogen and oxygen atoms in total. The van der Waals surface area contributed by atoms with Gasteiger partial charge in [0.05, 0.1) is 13.2 Å². The van der Waals surface area contributed by atoms with Gasteiger partial charge in [-0.05, 0) is 109 Å². The summed E-state index contributed by atoms with van der Waals surface area (Å²) in [5.74, 6) is -2.91. The maximum absolute atomic E-state index is 11.9. The molecule has 72 heavy (non-hydrogen) atoms. The molecule has 0 spiro atoms. The van der Waals surface area contributed by atoms with E-state index in [2.05, 4.69) is 26.0 Å². The van der Waals surface area contributed by atoms with E-state index in [1.165, 1.54) is 19.3 Å². The van der Waals surface area contributed by atoms with Gasteiger partial charge in [0.2, 0.25) is 0 Å². The highest BCUT2D eigenvalue weighted by Crippen LogP contribution is 2.12. The van der Waals surface area contributed by atoms with Crippen LogP contribution in [0.25, 0.3) is 0 Å². The average molecular weight is 1040 g/mol. The van der Waals surface area contributed by atoms with E-state index in [4.69, 9.17) is 49.7 Å². The first kappa shape index (κ1) is 69.3. The van der Waals surface area contributed by atoms with Crippen molar-refractivity contribution >= 4 is 61.7 Å². The van der Waals surface area contributed by atoms with Crippen molar-refractivity contribution in [2.24, 2.45) is 11.5 Å². The standard InChI is InChI=1S/C20H34N2O8.C18H30N2O8.C8H14N2O4/c1-19(2,3)29-17(25)21-14(12-28-13-23)10-8-9-11-15(16(24)27-7)22-18(26)30-20(4,5)6;1-17(2,3)27-15(24)19-12(14(22)23)9-7-8-10-13(26-11-21)20-16(25)28-18(4,5)6;9-6(8(12)13)3-1-2-4-7(10)14-5-11/h8-9,13-15H,10-12H2,1-7H3,(H,21,25)(H,22,26);7-8,11-13H,9-10H2,1-6H3,(H,19,24)(H,20,25)(H,22,23);1-2,5-7H,3-4,9-10H2,(H,12,13)/b9-8+;8-7+;2-1+/t14-,15-;12-,13+;6-,7+/m000/s1. The summed E-state index contributed by atoms with van der Waals surface area (Å²) in [4.78, 5) is 112. The van der Waals surface area contributed by atoms with Gasteiger partial charge in [-0.25, -0.2) is 28.8 Å². The van der Waals surface area contributed by atoms with Gasteiger partial charge < -0.3 is 69.8 Å². The minimum absolute atomic E-state index is 0.0329. The number of alkyl carbamates (subject to hydrolysis) is 4. The molecule has 0 aliphatic rings. The number of methoxy groups -OCH3 is 1. The first-order valence-electron chi connectivity index (χ1n) is 22.3. The largest absolute Gasteiger partial charge is 0.480 e. The lowest BCUT2D eigenvalue weighted by atomic mass is 10.1. The van der Waals surface area contributed by atoms with Crippen LogP contribution in [0.4, 0.5) is 19.2 Å². The molecule has 26 heteroatoms. The molecule has 0 rings (SSSR count). The molecule has 0 aliphatic heterocycles. The first-order valence-corrected chi connectivity index (χ1v) is 22.3. The van der Waals surface area contributed by atoms with Crippen molar-refractivity contribution in [3.05, 3.63) is 36.5 Å². The van der Waals surface area contributed by atoms with E-state index in [1.54, 1.807) is 107 Å². The Kier molecular flexibility index (Phi) is 34.7. The number of carbonyl (C=O) groups excluding carboxylic acids is 8. The van der Waals surface area contributed by atoms with E-state index in [0.29, 0.717) is 12.8 Å². The summed E-state index contributed by atoms with van der Waals surface area (Å²) in [6.07, 6.45) is 5.92. The van der Waals surface area contributed by atoms with Gasteiger partial charge in [-0.1, -0.05) is 36.5 Å². The number of nitrogens with one attached hydrogen (secondary N) is 4. The van der Waals surface area contributed by atoms with Crippen LogP contribution in [0.15, 0.2) is 36.5 Å². The van der Waals surface area contributed by atoms with Crippen LogP contribution in [0, 0.1) is 0 Å². The molecular formula is C46H78N6O20. The van der Waals surface area contributed by atoms with E-state index in [9.17, 15) is 53.1 Å². The van der Waals surface area contributed by atoms with Gasteiger partial charge in [-0.2, -0.15) is 0 Å². The minimum Gasteiger partial charge on any atom is -0.480 e. The van der Waals surface area contributed by atoms with Gasteiger partial charge in [0, 0.05) is 12.8 Å². The third-order valence-electron chi connectivity index (χ3n) is 7.47. The number of carbonyl (C=O) groups is 10. The number of esters is 1. The maximum atomic E-state index is 11.9. The summed E-state index contributed by atoms with van der Waals surface area (Å²) in [7, 11) is 1.22. The fraction of sp³-hybridized carbons (Fsp3) is 0.652. The summed E-state index contributed by atoms with van der Waals surface area (Å²) >= 11 is 0. The number of carboxylic acid groups (broad SMARTS) is 2. The molecular weight excluding hydrogens is 957 g/mol. The zero-order valence-corrected chi connectivity index (χ0v) is 43.5. The van der Waals surface area contributed by atoms with Gasteiger partial charge in [0.15, 0.2) is 12.5 Å². The molecule has 10 N–H and O–H groups in total. The van der Waals surface area contributed by atoms with Gasteiger partial charge in [-0.3, -0.25) is 30.2 Å². The molecule has 412 valence electrons. The number of nitrogens with two attached hydrogens (primary N) is 2. The van der Waals surface area contributed by atoms with Crippen LogP contribution in [-0.4, -0.2) is 145 Å². The highest BCUT2D eigenvalue weighted by Gasteiger charge is 2.26. The Balaban J connectivity index is -0.00000105. The van der Waals surface area contributed by atoms with Gasteiger partial charge >= 0.3 is 42.3 Å². The molecule has 0 saturated carbocycles. The number of amides is 4. The second-order valence-corrected chi connectivity index (χ2v) is 18.9. The zero-order valence-electron chi connectivity index (χ0n) is 43.5. The fourth-order valence-corrected chi connectivity index (χ4v) is 4.58. The highest BCUT2D eigenvalue weighted by atomic mass is 16.6. The molecule has 0 aliphatic carbocycles. The monoisotopic (exact) mass is 1030 g/mol. The van der Waals surface area contributed by atoms with Crippen molar-refractivity contribution in [2.45, 2.75) is 181 Å². The van der Waals surface area contributed by atoms with E-state index in [0.717, 1.165) is 0 Å². The topological polar surface area (TPSA) is 385 Å². The summed E-state index contributed by atoms with van der Waals surface area (Å²) < 4.78 is 39.0. The molecule has 0 saturated heterocycles. The van der Waals surface area contributed by atoms with Gasteiger partial charge in [0.1, 0.15) is 47.1 Å². The van der Waals surface area contributed by atoms with E-state index >= 15 is 0 Å². The number of ether oxygens (including phenoxy) is 8. The third kappa shape index (κ3) is 44.3. The lowest BCUT2D eigenvalue weighted by Gasteiger charge is -2.23. The lowest BCUT2D eigenvalue weighted by molar-refractivity contribution is -0.143. The number of carboxylic acids is 2. The Hall–Kier alpha value is -6.96. The van der Waals surface area contributed by atoms with Crippen molar-refractivity contribution in [1.29, 1.82) is 0 Å². The van der Waals surface area contributed by atoms with Crippen LogP contribution < -0.4 is 32.7 Å². The van der Waals surface area contributed by atoms with Crippen molar-refractivity contribution in [3.8, 4) is 0 Å². The van der Waals surface area contributed by atoms with Crippen LogP contribution in [0.2, 0.25) is 0 Å². The molecule has 0 aromatic rings. The number of hydrogen-bond donors (Lipinski definition) is 8. The fourth-order valence-electron chi connectivity index (χ4n) is 4.58. The SMILES string of the molecule is CC(C)(C)OC(=O)N[C@@H](C/C=C/C[C@H](NC(=O)OC(C)(C)C)C(=O)O)OC=O.COC(=O)[C@H](C/C=C/C[C@@H](COC=O)NC(=O)OC(C)(C)C)NC(=O)OC(C)(C)C.N[C@@H](C/C=C/C[C@H](N)C(=O)O)OC=O. The average Bonchev–Trinajstić information content (AvgIpc) is 3.20. The summed E-state index contributed by atoms with van der Waals surface area (Å²) in [5.41, 5.74) is 7.68. The highest BCUT2D eigenvalue weighted by molar-refractivity contribution is 5.81. The number of rotatable bonds is 26. The summed E-state index contributed by atoms with van der Waals surface area (Å²) in [6.45, 7) is 21.0. The third-order valence-corrected chi connectivity index (χ3v) is 7.47. The minimum atomic E-state index is -1.23. The van der Waals surface area contributed by atoms with E-state index in [1.807, 2.05) is 0 Å². The molecule has 0 aromatic heterocycles. The summed E-state index contributed by atoms with van der Waals surface area (Å²) in [6, 6.07) is -3.58. The quantitative estimate of drug-likeness (QED) is 0.0200. The number of hydrogen-bond acceptors (Lipinski definition) is 20. The first-order chi connectivity index (χ1) is 33.1. The zero-order chi connectivity index (χ0) is 56.3. The summed E-state index contributed by atoms with van der Waals surface area (Å²) in [5, 5.41) is 27.3. The van der Waals surface area contributed by atoms with E-state index < -0.39 is 101 Å². The second-order valence-electron chi connectivity index (χ2n) is 18.9. The van der Waals surface area contributed by atoms with Crippen LogP contribution >= 0.6 is 0 Å². The molecule has 0 fully saturated rings.